The van der Waals surface area contributed by atoms with Gasteiger partial charge in [-0.25, -0.2) is 0 Å². The van der Waals surface area contributed by atoms with Crippen molar-refractivity contribution in [1.29, 1.82) is 0 Å². The van der Waals surface area contributed by atoms with Crippen molar-refractivity contribution >= 4 is 35.8 Å². The van der Waals surface area contributed by atoms with E-state index in [2.05, 4.69) is 90.0 Å². The summed E-state index contributed by atoms with van der Waals surface area (Å²) in [5.41, 5.74) is -0.897. The number of methoxy groups -OCH3 is 3. The maximum absolute atomic E-state index is 13.0. The molecule has 1 N–H and O–H groups in total. The zero-order valence-corrected chi connectivity index (χ0v) is 71.6. The highest BCUT2D eigenvalue weighted by atomic mass is 16.6. The molecule has 38 unspecified atom stereocenters. The highest BCUT2D eigenvalue weighted by Gasteiger charge is 2.70. The third-order valence-corrected chi connectivity index (χ3v) is 35.5. The Kier molecular flexibility index (Phi) is 43.6. The molecule has 690 valence electrons. The molecule has 15 saturated carbocycles. The molecule has 13 heteroatoms. The lowest BCUT2D eigenvalue weighted by atomic mass is 9.63. The Morgan fingerprint density at radius 2 is 0.726 bits per heavy atom. The predicted octanol–water partition coefficient (Wildman–Crippen LogP) is 26.8. The Hall–Kier alpha value is -3.22. The summed E-state index contributed by atoms with van der Waals surface area (Å²) in [5, 5.41) is 10.5. The van der Waals surface area contributed by atoms with Gasteiger partial charge in [-0.1, -0.05) is 222 Å². The molecule has 0 radical (unpaired) electrons. The number of aliphatic hydroxyl groups excluding tert-OH is 1. The van der Waals surface area contributed by atoms with Gasteiger partial charge in [0.1, 0.15) is 11.2 Å². The predicted molar refractivity (Wildman–Crippen MR) is 489 cm³/mol. The maximum Gasteiger partial charge on any atom is 0.312 e. The smallest absolute Gasteiger partial charge is 0.312 e. The van der Waals surface area contributed by atoms with Crippen molar-refractivity contribution in [3.8, 4) is 0 Å². The summed E-state index contributed by atoms with van der Waals surface area (Å²) in [6.45, 7) is 42.4. The van der Waals surface area contributed by atoms with Crippen LogP contribution < -0.4 is 0 Å². The molecule has 13 nitrogen and oxygen atoms in total. The minimum Gasteiger partial charge on any atom is -0.469 e. The lowest BCUT2D eigenvalue weighted by Gasteiger charge is -2.42. The minimum absolute atomic E-state index is 0. The molecular formula is C104H196O13. The second-order valence-electron chi connectivity index (χ2n) is 40.7. The van der Waals surface area contributed by atoms with Gasteiger partial charge in [0.15, 0.2) is 0 Å². The third kappa shape index (κ3) is 20.5. The second-order valence-corrected chi connectivity index (χ2v) is 40.7. The van der Waals surface area contributed by atoms with Crippen molar-refractivity contribution in [3.63, 3.8) is 0 Å². The molecule has 38 atom stereocenters. The van der Waals surface area contributed by atoms with E-state index in [9.17, 15) is 33.9 Å². The Labute approximate surface area is 724 Å². The average Bonchev–Trinajstić information content (AvgIpc) is 1.57. The van der Waals surface area contributed by atoms with E-state index in [1.54, 1.807) is 0 Å². The molecule has 0 aromatic rings. The fourth-order valence-corrected chi connectivity index (χ4v) is 31.4. The first-order valence-electron chi connectivity index (χ1n) is 45.5. The van der Waals surface area contributed by atoms with Crippen molar-refractivity contribution in [2.24, 2.45) is 218 Å². The zero-order chi connectivity index (χ0) is 78.0. The van der Waals surface area contributed by atoms with Crippen molar-refractivity contribution in [1.82, 2.24) is 0 Å². The fourth-order valence-electron chi connectivity index (χ4n) is 31.4. The Bertz CT molecular complexity index is 2980. The normalized spacial score (nSPS) is 42.2. The molecule has 10 bridgehead atoms. The first-order valence-corrected chi connectivity index (χ1v) is 45.5. The highest BCUT2D eigenvalue weighted by Crippen LogP contribution is 2.73. The molecule has 0 aromatic heterocycles. The van der Waals surface area contributed by atoms with Crippen LogP contribution in [0.3, 0.4) is 0 Å². The molecule has 15 aliphatic rings. The van der Waals surface area contributed by atoms with Crippen molar-refractivity contribution in [2.45, 2.75) is 384 Å². The highest BCUT2D eigenvalue weighted by molar-refractivity contribution is 5.84. The topological polar surface area (TPSA) is 178 Å². The van der Waals surface area contributed by atoms with Gasteiger partial charge in [-0.15, -0.1) is 0 Å². The third-order valence-electron chi connectivity index (χ3n) is 35.5. The van der Waals surface area contributed by atoms with E-state index in [1.807, 2.05) is 41.5 Å². The number of carbonyl (C=O) groups is 6. The van der Waals surface area contributed by atoms with Crippen LogP contribution >= 0.6 is 0 Å². The van der Waals surface area contributed by atoms with Crippen LogP contribution in [0, 0.1) is 218 Å². The van der Waals surface area contributed by atoms with E-state index in [0.717, 1.165) is 150 Å². The largest absolute Gasteiger partial charge is 0.469 e. The van der Waals surface area contributed by atoms with Crippen LogP contribution in [0.25, 0.3) is 0 Å². The summed E-state index contributed by atoms with van der Waals surface area (Å²) in [4.78, 5) is 74.1. The molecule has 15 fully saturated rings. The lowest BCUT2D eigenvalue weighted by molar-refractivity contribution is -0.174. The van der Waals surface area contributed by atoms with Gasteiger partial charge in [0.25, 0.3) is 0 Å². The molecule has 0 saturated heterocycles. The number of ether oxygens (including phenoxy) is 6. The van der Waals surface area contributed by atoms with Crippen LogP contribution in [-0.2, 0) is 57.2 Å². The average molecular weight is 1650 g/mol. The van der Waals surface area contributed by atoms with Crippen molar-refractivity contribution < 1.29 is 62.3 Å². The summed E-state index contributed by atoms with van der Waals surface area (Å²) in [6, 6.07) is 0. The number of esters is 6. The van der Waals surface area contributed by atoms with Crippen molar-refractivity contribution in [2.75, 3.05) is 27.9 Å². The zero-order valence-electron chi connectivity index (χ0n) is 71.6. The van der Waals surface area contributed by atoms with Crippen LogP contribution in [0.5, 0.6) is 0 Å². The van der Waals surface area contributed by atoms with E-state index in [1.165, 1.54) is 143 Å². The van der Waals surface area contributed by atoms with Crippen LogP contribution in [0.2, 0.25) is 0 Å². The molecule has 0 heterocycles. The van der Waals surface area contributed by atoms with Gasteiger partial charge >= 0.3 is 35.8 Å². The number of carbonyl (C=O) groups excluding carboxylic acids is 6. The molecule has 0 aromatic carbocycles. The van der Waals surface area contributed by atoms with Crippen molar-refractivity contribution in [3.05, 3.63) is 0 Å². The van der Waals surface area contributed by atoms with E-state index in [4.69, 9.17) is 28.4 Å². The van der Waals surface area contributed by atoms with Crippen LogP contribution in [0.4, 0.5) is 0 Å². The molecular weight excluding hydrogens is 1460 g/mol. The number of hydrogen-bond acceptors (Lipinski definition) is 13. The van der Waals surface area contributed by atoms with Gasteiger partial charge in [-0.3, -0.25) is 28.8 Å². The molecule has 0 spiro atoms. The Balaban J connectivity index is 0.000000716. The van der Waals surface area contributed by atoms with Crippen LogP contribution in [0.15, 0.2) is 0 Å². The summed E-state index contributed by atoms with van der Waals surface area (Å²) in [7, 11) is 4.27. The van der Waals surface area contributed by atoms with Gasteiger partial charge in [0, 0.05) is 0 Å². The summed E-state index contributed by atoms with van der Waals surface area (Å²) in [5.74, 6) is 23.1. The number of rotatable bonds is 21. The van der Waals surface area contributed by atoms with Gasteiger partial charge in [0.2, 0.25) is 0 Å². The summed E-state index contributed by atoms with van der Waals surface area (Å²) < 4.78 is 31.8. The van der Waals surface area contributed by atoms with Crippen LogP contribution in [0.1, 0.15) is 366 Å². The monoisotopic (exact) mass is 1650 g/mol. The molecule has 0 aliphatic heterocycles. The van der Waals surface area contributed by atoms with Gasteiger partial charge in [0.05, 0.1) is 69.5 Å². The first kappa shape index (κ1) is 112. The van der Waals surface area contributed by atoms with E-state index in [0.29, 0.717) is 77.6 Å². The molecule has 15 rings (SSSR count). The second kappa shape index (κ2) is 45.6. The number of hydrogen-bond donors (Lipinski definition) is 1. The number of aliphatic hydroxyl groups is 1. The molecule has 15 aliphatic carbocycles. The summed E-state index contributed by atoms with van der Waals surface area (Å²) >= 11 is 0. The van der Waals surface area contributed by atoms with Gasteiger partial charge in [-0.2, -0.15) is 0 Å². The SMILES string of the molecule is C.C.C.C.C.C.C.C.C.C.CCC1CC(CC)C2C1C1CC2C(C)(C(=O)OC(C)(C)CC)C1.CCC1CC(CC)C2C3CC(C(C(=O)OC)C3C(=O)OC)C12.CCC1CC(CC)C2C3CC(CC3C(=O)OC(C)(C)C)C12.CCC1CC(CC)C2C3CC(CC3C(O)CC(=O)OC)C12.CCOC(=O)C1C(C)C2CC1C1C(CC)CC(CC)C21. The van der Waals surface area contributed by atoms with Gasteiger partial charge in [-0.05, 0) is 328 Å². The standard InChI is InChI=1S/C21H36O2.C19H32O2.C18H28O4.C18H30O3.C18H30O2.10CH4/c1-7-13-10-14(8-2)18-16-11-15(17(13)18)12-21(16,6)19(22)23-20(4,5)9-3;1-6-11-8-12(7-2)17-14-9-13(16(11)17)10-15(14)18(20)21-19(3,4)5;1-5-9-7-10(6-2)14-12-8-11(13(9)14)15(17(19)21-3)16(12)18(20)22-4;1-4-10-6-11(5-2)18-14-8-12(17(10)18)7-13(14)15(19)9-16(20)21-3;1-5-11-8-12(6-2)17-14-9-13(16(11)17)10(4)15(14)18(19)20-7-3;;;;;;;;;;/h13-18H,7-12H2,1-6H3;11-17H,6-10H2,1-5H3;9-16H,5-8H2,1-4H3;10-15,17-19H,4-9H2,1-3H3;10-17H,5-9H2,1-4H3;10*1H4. The minimum atomic E-state index is -0.494. The number of fused-ring (bicyclic) bond motifs is 25. The van der Waals surface area contributed by atoms with E-state index < -0.39 is 6.10 Å². The van der Waals surface area contributed by atoms with Gasteiger partial charge < -0.3 is 33.5 Å². The maximum atomic E-state index is 13.0. The quantitative estimate of drug-likeness (QED) is 0.0849. The van der Waals surface area contributed by atoms with E-state index in [-0.39, 0.29) is 157 Å². The first-order chi connectivity index (χ1) is 50.9. The Morgan fingerprint density at radius 3 is 1.11 bits per heavy atom. The lowest BCUT2D eigenvalue weighted by Crippen LogP contribution is -2.45. The summed E-state index contributed by atoms with van der Waals surface area (Å²) in [6.07, 6.45) is 29.8. The van der Waals surface area contributed by atoms with E-state index >= 15 is 0 Å². The Morgan fingerprint density at radius 1 is 0.376 bits per heavy atom. The molecule has 0 amide bonds. The van der Waals surface area contributed by atoms with Crippen LogP contribution in [-0.4, -0.2) is 86.2 Å². The fraction of sp³-hybridized carbons (Fsp3) is 0.942. The molecule has 117 heavy (non-hydrogen) atoms.